The van der Waals surface area contributed by atoms with E-state index in [0.29, 0.717) is 18.0 Å². The maximum absolute atomic E-state index is 12.0. The fraction of sp³-hybridized carbons (Fsp3) is 0.688. The first-order chi connectivity index (χ1) is 11.2. The summed E-state index contributed by atoms with van der Waals surface area (Å²) in [7, 11) is 1.77. The first-order valence-electron chi connectivity index (χ1n) is 7.95. The van der Waals surface area contributed by atoms with E-state index in [1.165, 1.54) is 11.5 Å². The van der Waals surface area contributed by atoms with Gasteiger partial charge in [-0.25, -0.2) is 4.79 Å². The fourth-order valence-corrected chi connectivity index (χ4v) is 3.77. The Morgan fingerprint density at radius 3 is 2.67 bits per heavy atom. The number of anilines is 1. The van der Waals surface area contributed by atoms with E-state index in [-0.39, 0.29) is 11.2 Å². The SMILES string of the molecule is CN(CC1CCN(c2snc(Cl)c2C#N)CC1)C(=O)OC(C)(C)C. The minimum Gasteiger partial charge on any atom is -0.444 e. The topological polar surface area (TPSA) is 69.5 Å². The van der Waals surface area contributed by atoms with Crippen LogP contribution in [-0.2, 0) is 4.74 Å². The Bertz CT molecular complexity index is 627. The zero-order chi connectivity index (χ0) is 17.9. The largest absolute Gasteiger partial charge is 0.444 e. The second kappa shape index (κ2) is 7.58. The summed E-state index contributed by atoms with van der Waals surface area (Å²) in [6, 6.07) is 2.13. The molecule has 1 aromatic heterocycles. The summed E-state index contributed by atoms with van der Waals surface area (Å²) in [6.45, 7) is 7.94. The number of nitrogens with zero attached hydrogens (tertiary/aromatic N) is 4. The van der Waals surface area contributed by atoms with Crippen LogP contribution in [0.3, 0.4) is 0 Å². The van der Waals surface area contributed by atoms with Crippen LogP contribution in [0.4, 0.5) is 9.80 Å². The van der Waals surface area contributed by atoms with Crippen molar-refractivity contribution in [3.63, 3.8) is 0 Å². The fourth-order valence-electron chi connectivity index (χ4n) is 2.69. The lowest BCUT2D eigenvalue weighted by Gasteiger charge is -2.34. The lowest BCUT2D eigenvalue weighted by atomic mass is 9.96. The number of piperidine rings is 1. The van der Waals surface area contributed by atoms with Gasteiger partial charge in [-0.05, 0) is 51.1 Å². The minimum atomic E-state index is -0.478. The maximum atomic E-state index is 12.0. The smallest absolute Gasteiger partial charge is 0.410 e. The first-order valence-corrected chi connectivity index (χ1v) is 9.10. The van der Waals surface area contributed by atoms with Crippen LogP contribution in [0.15, 0.2) is 0 Å². The highest BCUT2D eigenvalue weighted by molar-refractivity contribution is 7.10. The van der Waals surface area contributed by atoms with Crippen molar-refractivity contribution < 1.29 is 9.53 Å². The van der Waals surface area contributed by atoms with Crippen molar-refractivity contribution in [3.05, 3.63) is 10.7 Å². The van der Waals surface area contributed by atoms with Gasteiger partial charge in [-0.15, -0.1) is 0 Å². The van der Waals surface area contributed by atoms with E-state index in [2.05, 4.69) is 15.3 Å². The Morgan fingerprint density at radius 1 is 1.50 bits per heavy atom. The van der Waals surface area contributed by atoms with Crippen molar-refractivity contribution in [1.82, 2.24) is 9.27 Å². The number of halogens is 1. The van der Waals surface area contributed by atoms with E-state index in [4.69, 9.17) is 16.3 Å². The predicted molar refractivity (Wildman–Crippen MR) is 95.6 cm³/mol. The number of rotatable bonds is 3. The zero-order valence-electron chi connectivity index (χ0n) is 14.5. The van der Waals surface area contributed by atoms with Gasteiger partial charge in [-0.1, -0.05) is 11.6 Å². The van der Waals surface area contributed by atoms with Crippen LogP contribution in [0.25, 0.3) is 0 Å². The van der Waals surface area contributed by atoms with Gasteiger partial charge in [0.2, 0.25) is 0 Å². The van der Waals surface area contributed by atoms with E-state index in [0.717, 1.165) is 30.9 Å². The minimum absolute atomic E-state index is 0.282. The third-order valence-corrected chi connectivity index (χ3v) is 5.17. The summed E-state index contributed by atoms with van der Waals surface area (Å²) < 4.78 is 9.44. The highest BCUT2D eigenvalue weighted by atomic mass is 35.5. The Kier molecular flexibility index (Phi) is 5.94. The van der Waals surface area contributed by atoms with Gasteiger partial charge >= 0.3 is 6.09 Å². The van der Waals surface area contributed by atoms with Gasteiger partial charge in [-0.2, -0.15) is 9.64 Å². The van der Waals surface area contributed by atoms with E-state index in [1.54, 1.807) is 11.9 Å². The molecule has 0 aliphatic carbocycles. The highest BCUT2D eigenvalue weighted by Gasteiger charge is 2.27. The molecule has 1 amide bonds. The van der Waals surface area contributed by atoms with Crippen LogP contribution in [-0.4, -0.2) is 47.6 Å². The van der Waals surface area contributed by atoms with Crippen molar-refractivity contribution in [3.8, 4) is 6.07 Å². The molecule has 0 bridgehead atoms. The molecular weight excluding hydrogens is 348 g/mol. The Labute approximate surface area is 152 Å². The molecule has 2 heterocycles. The summed E-state index contributed by atoms with van der Waals surface area (Å²) >= 11 is 7.21. The molecule has 1 saturated heterocycles. The van der Waals surface area contributed by atoms with Crippen LogP contribution in [0, 0.1) is 17.2 Å². The lowest BCUT2D eigenvalue weighted by Crippen LogP contribution is -2.41. The summed E-state index contributed by atoms with van der Waals surface area (Å²) in [5.74, 6) is 0.424. The molecule has 6 nitrogen and oxygen atoms in total. The van der Waals surface area contributed by atoms with Crippen LogP contribution in [0.2, 0.25) is 5.15 Å². The van der Waals surface area contributed by atoms with Crippen LogP contribution in [0.1, 0.15) is 39.2 Å². The molecule has 0 aromatic carbocycles. The van der Waals surface area contributed by atoms with Crippen molar-refractivity contribution in [2.75, 3.05) is 31.6 Å². The molecule has 0 radical (unpaired) electrons. The molecule has 0 N–H and O–H groups in total. The van der Waals surface area contributed by atoms with Crippen LogP contribution in [0.5, 0.6) is 0 Å². The average Bonchev–Trinajstić information content (AvgIpc) is 2.87. The number of hydrogen-bond donors (Lipinski definition) is 0. The van der Waals surface area contributed by atoms with E-state index >= 15 is 0 Å². The standard InChI is InChI=1S/C16H23ClN4O2S/c1-16(2,3)23-15(22)20(4)10-11-5-7-21(8-6-11)14-12(9-18)13(17)19-24-14/h11H,5-8,10H2,1-4H3. The van der Waals surface area contributed by atoms with Crippen molar-refractivity contribution in [1.29, 1.82) is 5.26 Å². The van der Waals surface area contributed by atoms with Gasteiger partial charge in [0.1, 0.15) is 22.2 Å². The molecule has 24 heavy (non-hydrogen) atoms. The number of hydrogen-bond acceptors (Lipinski definition) is 6. The second-order valence-electron chi connectivity index (χ2n) is 7.06. The average molecular weight is 371 g/mol. The summed E-state index contributed by atoms with van der Waals surface area (Å²) in [5, 5.41) is 10.3. The quantitative estimate of drug-likeness (QED) is 0.810. The molecule has 1 aliphatic rings. The first kappa shape index (κ1) is 18.8. The Hall–Kier alpha value is -1.52. The van der Waals surface area contributed by atoms with Crippen LogP contribution < -0.4 is 4.90 Å². The Morgan fingerprint density at radius 2 is 2.12 bits per heavy atom. The molecule has 0 atom stereocenters. The lowest BCUT2D eigenvalue weighted by molar-refractivity contribution is 0.0266. The van der Waals surface area contributed by atoms with Gasteiger partial charge in [0.25, 0.3) is 0 Å². The number of carbonyl (C=O) groups excluding carboxylic acids is 1. The molecule has 0 unspecified atom stereocenters. The van der Waals surface area contributed by atoms with E-state index in [9.17, 15) is 10.1 Å². The van der Waals surface area contributed by atoms with E-state index in [1.807, 2.05) is 20.8 Å². The third-order valence-electron chi connectivity index (χ3n) is 3.88. The summed E-state index contributed by atoms with van der Waals surface area (Å²) in [5.41, 5.74) is -0.0145. The molecule has 0 spiro atoms. The summed E-state index contributed by atoms with van der Waals surface area (Å²) in [6.07, 6.45) is 1.62. The molecule has 1 aromatic rings. The van der Waals surface area contributed by atoms with Gasteiger partial charge in [0, 0.05) is 26.7 Å². The molecule has 2 rings (SSSR count). The van der Waals surface area contributed by atoms with Gasteiger partial charge in [0.05, 0.1) is 0 Å². The van der Waals surface area contributed by atoms with Crippen molar-refractivity contribution in [2.24, 2.45) is 5.92 Å². The van der Waals surface area contributed by atoms with Crippen LogP contribution >= 0.6 is 23.1 Å². The number of ether oxygens (including phenoxy) is 1. The molecule has 1 fully saturated rings. The van der Waals surface area contributed by atoms with E-state index < -0.39 is 5.60 Å². The van der Waals surface area contributed by atoms with Gasteiger partial charge in [0.15, 0.2) is 5.15 Å². The normalized spacial score (nSPS) is 15.9. The monoisotopic (exact) mass is 370 g/mol. The molecule has 1 aliphatic heterocycles. The molecule has 8 heteroatoms. The van der Waals surface area contributed by atoms with Gasteiger partial charge in [-0.3, -0.25) is 0 Å². The second-order valence-corrected chi connectivity index (χ2v) is 8.17. The van der Waals surface area contributed by atoms with Gasteiger partial charge < -0.3 is 14.5 Å². The number of aromatic nitrogens is 1. The maximum Gasteiger partial charge on any atom is 0.410 e. The summed E-state index contributed by atoms with van der Waals surface area (Å²) in [4.78, 5) is 15.8. The van der Waals surface area contributed by atoms with Crippen molar-refractivity contribution in [2.45, 2.75) is 39.2 Å². The molecule has 0 saturated carbocycles. The number of nitriles is 1. The molecule has 132 valence electrons. The number of amides is 1. The third kappa shape index (κ3) is 4.74. The predicted octanol–water partition coefficient (Wildman–Crippen LogP) is 3.75. The number of carbonyl (C=O) groups is 1. The molecular formula is C16H23ClN4O2S. The van der Waals surface area contributed by atoms with Crippen molar-refractivity contribution >= 4 is 34.2 Å². The Balaban J connectivity index is 1.87. The highest BCUT2D eigenvalue weighted by Crippen LogP contribution is 2.33. The zero-order valence-corrected chi connectivity index (χ0v) is 16.1.